The van der Waals surface area contributed by atoms with Crippen LogP contribution >= 0.6 is 0 Å². The number of nitrogens with one attached hydrogen (secondary N) is 2. The molecule has 0 spiro atoms. The molecular formula is C37H51N3O4Si. The Bertz CT molecular complexity index is 1410. The van der Waals surface area contributed by atoms with Crippen molar-refractivity contribution >= 4 is 36.4 Å². The first-order valence-electron chi connectivity index (χ1n) is 16.0. The first-order valence-corrected chi connectivity index (χ1v) is 17.9. The second kappa shape index (κ2) is 13.8. The minimum Gasteiger partial charge on any atom is -0.445 e. The van der Waals surface area contributed by atoms with Gasteiger partial charge in [0.15, 0.2) is 0 Å². The predicted molar refractivity (Wildman–Crippen MR) is 186 cm³/mol. The summed E-state index contributed by atoms with van der Waals surface area (Å²) < 4.78 is 12.8. The third-order valence-corrected chi connectivity index (χ3v) is 13.4. The van der Waals surface area contributed by atoms with Gasteiger partial charge < -0.3 is 24.7 Å². The number of carbonyl (C=O) groups is 2. The Labute approximate surface area is 270 Å². The fourth-order valence-electron chi connectivity index (χ4n) is 6.46. The maximum atomic E-state index is 13.9. The van der Waals surface area contributed by atoms with Crippen molar-refractivity contribution in [2.45, 2.75) is 91.1 Å². The second-order valence-electron chi connectivity index (χ2n) is 14.6. The van der Waals surface area contributed by atoms with Crippen LogP contribution in [0.25, 0.3) is 0 Å². The zero-order valence-electron chi connectivity index (χ0n) is 28.4. The van der Waals surface area contributed by atoms with Gasteiger partial charge in [-0.1, -0.05) is 107 Å². The van der Waals surface area contributed by atoms with Crippen LogP contribution in [0, 0.1) is 5.92 Å². The average Bonchev–Trinajstić information content (AvgIpc) is 2.95. The highest BCUT2D eigenvalue weighted by atomic mass is 28.4. The van der Waals surface area contributed by atoms with Gasteiger partial charge in [0.05, 0.1) is 12.6 Å². The average molecular weight is 630 g/mol. The van der Waals surface area contributed by atoms with Crippen LogP contribution in [0.3, 0.4) is 0 Å². The summed E-state index contributed by atoms with van der Waals surface area (Å²) in [6.07, 6.45) is 0.155. The highest BCUT2D eigenvalue weighted by Gasteiger charge is 2.50. The molecule has 2 N–H and O–H groups in total. The van der Waals surface area contributed by atoms with Gasteiger partial charge in [-0.2, -0.15) is 0 Å². The Morgan fingerprint density at radius 2 is 1.53 bits per heavy atom. The third kappa shape index (κ3) is 7.97. The van der Waals surface area contributed by atoms with Gasteiger partial charge in [-0.25, -0.2) is 4.79 Å². The van der Waals surface area contributed by atoms with E-state index in [9.17, 15) is 9.59 Å². The van der Waals surface area contributed by atoms with E-state index in [1.54, 1.807) is 0 Å². The summed E-state index contributed by atoms with van der Waals surface area (Å²) in [5.74, 6) is 0.0528. The van der Waals surface area contributed by atoms with Crippen LogP contribution in [-0.4, -0.2) is 51.6 Å². The quantitative estimate of drug-likeness (QED) is 0.309. The number of amides is 2. The largest absolute Gasteiger partial charge is 0.445 e. The zero-order valence-corrected chi connectivity index (χ0v) is 29.4. The van der Waals surface area contributed by atoms with Crippen LogP contribution in [0.2, 0.25) is 5.04 Å². The van der Waals surface area contributed by atoms with E-state index < -0.39 is 14.4 Å². The Morgan fingerprint density at radius 3 is 2.04 bits per heavy atom. The lowest BCUT2D eigenvalue weighted by Gasteiger charge is -2.44. The molecule has 1 aliphatic heterocycles. The molecule has 0 bridgehead atoms. The molecule has 45 heavy (non-hydrogen) atoms. The number of anilines is 1. The lowest BCUT2D eigenvalue weighted by Crippen LogP contribution is -2.67. The van der Waals surface area contributed by atoms with Gasteiger partial charge >= 0.3 is 6.09 Å². The Morgan fingerprint density at radius 1 is 0.956 bits per heavy atom. The third-order valence-electron chi connectivity index (χ3n) is 8.42. The number of rotatable bonds is 8. The highest BCUT2D eigenvalue weighted by molar-refractivity contribution is 6.99. The molecule has 0 fully saturated rings. The molecule has 2 atom stereocenters. The Kier molecular flexibility index (Phi) is 10.5. The van der Waals surface area contributed by atoms with Crippen molar-refractivity contribution in [1.29, 1.82) is 0 Å². The van der Waals surface area contributed by atoms with Gasteiger partial charge in [-0.15, -0.1) is 0 Å². The molecule has 3 aromatic carbocycles. The summed E-state index contributed by atoms with van der Waals surface area (Å²) in [6.45, 7) is 17.2. The van der Waals surface area contributed by atoms with Crippen LogP contribution in [0.4, 0.5) is 10.5 Å². The van der Waals surface area contributed by atoms with E-state index in [1.807, 2.05) is 52.1 Å². The van der Waals surface area contributed by atoms with E-state index in [2.05, 4.69) is 105 Å². The number of carbonyl (C=O) groups excluding carboxylic acids is 2. The fourth-order valence-corrected chi connectivity index (χ4v) is 11.1. The molecule has 7 nitrogen and oxygen atoms in total. The number of nitrogens with zero attached hydrogens (tertiary/aromatic N) is 1. The topological polar surface area (TPSA) is 79.9 Å². The minimum absolute atomic E-state index is 0.0135. The molecular weight excluding hydrogens is 579 g/mol. The molecule has 242 valence electrons. The first-order chi connectivity index (χ1) is 21.1. The monoisotopic (exact) mass is 629 g/mol. The molecule has 0 saturated heterocycles. The molecule has 0 aromatic heterocycles. The Hall–Kier alpha value is -3.62. The normalized spacial score (nSPS) is 17.6. The summed E-state index contributed by atoms with van der Waals surface area (Å²) in [7, 11) is -0.821. The molecule has 2 amide bonds. The van der Waals surface area contributed by atoms with Crippen LogP contribution in [0.15, 0.2) is 78.9 Å². The molecule has 0 aliphatic carbocycles. The van der Waals surface area contributed by atoms with Crippen LogP contribution < -0.4 is 25.9 Å². The molecule has 0 radical (unpaired) electrons. The van der Waals surface area contributed by atoms with E-state index in [0.29, 0.717) is 13.0 Å². The van der Waals surface area contributed by atoms with Gasteiger partial charge in [0, 0.05) is 18.3 Å². The van der Waals surface area contributed by atoms with Crippen LogP contribution in [0.1, 0.15) is 66.5 Å². The summed E-state index contributed by atoms with van der Waals surface area (Å²) in [6, 6.07) is 26.7. The maximum absolute atomic E-state index is 13.9. The molecule has 1 heterocycles. The molecule has 0 saturated carbocycles. The standard InChI is InChI=1S/C37H51N3O4Si/c1-26(2)33-34(41)38-29(23-28-21-20-27(22-32(28)40(33)9)24-43-35(42)39-36(3,4)5)25-44-45(37(6,7)8,30-16-12-10-13-17-30)31-18-14-11-15-19-31/h10-22,26,29,33H,23-25H2,1-9H3,(H,38,41)(H,39,42)/t29-,33-/m0/s1. The summed E-state index contributed by atoms with van der Waals surface area (Å²) in [4.78, 5) is 28.3. The Balaban J connectivity index is 1.68. The van der Waals surface area contributed by atoms with Crippen molar-refractivity contribution in [3.8, 4) is 0 Å². The number of ether oxygens (including phenoxy) is 1. The van der Waals surface area contributed by atoms with Crippen molar-refractivity contribution < 1.29 is 18.8 Å². The molecule has 1 aliphatic rings. The van der Waals surface area contributed by atoms with E-state index in [-0.39, 0.29) is 41.1 Å². The number of benzene rings is 3. The maximum Gasteiger partial charge on any atom is 0.407 e. The molecule has 0 unspecified atom stereocenters. The van der Waals surface area contributed by atoms with Crippen LogP contribution in [0.5, 0.6) is 0 Å². The van der Waals surface area contributed by atoms with E-state index in [0.717, 1.165) is 16.8 Å². The highest BCUT2D eigenvalue weighted by Crippen LogP contribution is 2.37. The lowest BCUT2D eigenvalue weighted by molar-refractivity contribution is -0.124. The summed E-state index contributed by atoms with van der Waals surface area (Å²) in [5.41, 5.74) is 2.57. The van der Waals surface area contributed by atoms with Gasteiger partial charge in [0.2, 0.25) is 5.91 Å². The van der Waals surface area contributed by atoms with Gasteiger partial charge in [-0.3, -0.25) is 4.79 Å². The van der Waals surface area contributed by atoms with Gasteiger partial charge in [0.1, 0.15) is 12.6 Å². The van der Waals surface area contributed by atoms with Crippen molar-refractivity contribution in [1.82, 2.24) is 10.6 Å². The zero-order chi connectivity index (χ0) is 33.0. The number of likely N-dealkylation sites (N-methyl/N-ethyl adjacent to an activating group) is 1. The SMILES string of the molecule is CC(C)[C@H]1C(=O)N[C@H](CO[Si](c2ccccc2)(c2ccccc2)C(C)(C)C)Cc2ccc(COC(=O)NC(C)(C)C)cc2N1C. The fraction of sp³-hybridized carbons (Fsp3) is 0.459. The molecule has 8 heteroatoms. The minimum atomic E-state index is -2.79. The van der Waals surface area contributed by atoms with Gasteiger partial charge in [-0.05, 0) is 65.7 Å². The summed E-state index contributed by atoms with van der Waals surface area (Å²) in [5, 5.41) is 8.45. The van der Waals surface area contributed by atoms with E-state index in [1.165, 1.54) is 10.4 Å². The first kappa shape index (κ1) is 34.3. The number of fused-ring (bicyclic) bond motifs is 1. The number of hydrogen-bond donors (Lipinski definition) is 2. The number of hydrogen-bond acceptors (Lipinski definition) is 5. The second-order valence-corrected chi connectivity index (χ2v) is 18.9. The smallest absolute Gasteiger partial charge is 0.407 e. The van der Waals surface area contributed by atoms with Crippen molar-refractivity contribution in [3.05, 3.63) is 90.0 Å². The van der Waals surface area contributed by atoms with Gasteiger partial charge in [0.25, 0.3) is 8.32 Å². The van der Waals surface area contributed by atoms with Crippen LogP contribution in [-0.2, 0) is 27.0 Å². The molecule has 4 rings (SSSR count). The van der Waals surface area contributed by atoms with Crippen molar-refractivity contribution in [2.24, 2.45) is 5.92 Å². The lowest BCUT2D eigenvalue weighted by atomic mass is 9.94. The van der Waals surface area contributed by atoms with Crippen molar-refractivity contribution in [2.75, 3.05) is 18.6 Å². The molecule has 3 aromatic rings. The van der Waals surface area contributed by atoms with E-state index in [4.69, 9.17) is 9.16 Å². The number of alkyl carbamates (subject to hydrolysis) is 1. The summed E-state index contributed by atoms with van der Waals surface area (Å²) >= 11 is 0. The van der Waals surface area contributed by atoms with E-state index >= 15 is 0 Å². The predicted octanol–water partition coefficient (Wildman–Crippen LogP) is 5.79. The van der Waals surface area contributed by atoms with Crippen molar-refractivity contribution in [3.63, 3.8) is 0 Å².